The number of fused-ring (bicyclic) bond motifs is 1. The molecule has 1 aliphatic carbocycles. The Morgan fingerprint density at radius 3 is 2.50 bits per heavy atom. The highest BCUT2D eigenvalue weighted by Crippen LogP contribution is 2.44. The van der Waals surface area contributed by atoms with E-state index < -0.39 is 0 Å². The van der Waals surface area contributed by atoms with E-state index in [2.05, 4.69) is 44.5 Å². The molecular formula is C17H29N3. The van der Waals surface area contributed by atoms with Gasteiger partial charge in [-0.15, -0.1) is 0 Å². The molecule has 2 heterocycles. The monoisotopic (exact) mass is 275 g/mol. The minimum atomic E-state index is 0.161. The van der Waals surface area contributed by atoms with Crippen molar-refractivity contribution in [3.05, 3.63) is 17.2 Å². The zero-order valence-electron chi connectivity index (χ0n) is 13.7. The molecule has 0 atom stereocenters. The van der Waals surface area contributed by atoms with Crippen molar-refractivity contribution in [2.75, 3.05) is 6.54 Å². The largest absolute Gasteiger partial charge is 0.326 e. The van der Waals surface area contributed by atoms with Gasteiger partial charge in [0.1, 0.15) is 5.82 Å². The van der Waals surface area contributed by atoms with Crippen LogP contribution in [0.4, 0.5) is 0 Å². The summed E-state index contributed by atoms with van der Waals surface area (Å²) in [6.07, 6.45) is 4.97. The number of imidazole rings is 1. The predicted octanol–water partition coefficient (Wildman–Crippen LogP) is 3.58. The van der Waals surface area contributed by atoms with Gasteiger partial charge in [0, 0.05) is 36.7 Å². The maximum atomic E-state index is 5.01. The molecular weight excluding hydrogens is 246 g/mol. The lowest BCUT2D eigenvalue weighted by atomic mass is 9.81. The lowest BCUT2D eigenvalue weighted by Gasteiger charge is -2.37. The summed E-state index contributed by atoms with van der Waals surface area (Å²) in [5, 5.41) is 3.46. The van der Waals surface area contributed by atoms with E-state index in [0.717, 1.165) is 25.4 Å². The molecule has 0 saturated heterocycles. The van der Waals surface area contributed by atoms with Gasteiger partial charge in [-0.1, -0.05) is 20.8 Å². The van der Waals surface area contributed by atoms with Crippen LogP contribution in [0.2, 0.25) is 0 Å². The van der Waals surface area contributed by atoms with Gasteiger partial charge in [-0.3, -0.25) is 0 Å². The molecule has 1 aromatic heterocycles. The van der Waals surface area contributed by atoms with E-state index in [1.807, 2.05) is 0 Å². The number of hydrogen-bond acceptors (Lipinski definition) is 2. The molecule has 0 bridgehead atoms. The third-order valence-corrected chi connectivity index (χ3v) is 4.42. The molecule has 112 valence electrons. The summed E-state index contributed by atoms with van der Waals surface area (Å²) < 4.78 is 2.62. The maximum Gasteiger partial charge on any atom is 0.112 e. The van der Waals surface area contributed by atoms with Crippen LogP contribution in [0, 0.1) is 5.41 Å². The second-order valence-corrected chi connectivity index (χ2v) is 8.45. The Balaban J connectivity index is 2.04. The highest BCUT2D eigenvalue weighted by Gasteiger charge is 2.38. The Kier molecular flexibility index (Phi) is 3.24. The first-order valence-electron chi connectivity index (χ1n) is 8.09. The fourth-order valence-electron chi connectivity index (χ4n) is 4.00. The van der Waals surface area contributed by atoms with Gasteiger partial charge in [-0.05, 0) is 38.5 Å². The molecule has 1 aliphatic heterocycles. The molecule has 1 N–H and O–H groups in total. The number of nitrogens with one attached hydrogen (secondary N) is 1. The Morgan fingerprint density at radius 1 is 1.20 bits per heavy atom. The molecule has 0 spiro atoms. The summed E-state index contributed by atoms with van der Waals surface area (Å²) >= 11 is 0. The van der Waals surface area contributed by atoms with Crippen molar-refractivity contribution in [1.82, 2.24) is 14.9 Å². The van der Waals surface area contributed by atoms with Gasteiger partial charge in [-0.25, -0.2) is 4.98 Å². The van der Waals surface area contributed by atoms with Crippen molar-refractivity contribution in [1.29, 1.82) is 0 Å². The first-order chi connectivity index (χ1) is 9.28. The van der Waals surface area contributed by atoms with Crippen molar-refractivity contribution in [2.45, 2.75) is 78.3 Å². The number of nitrogens with zero attached hydrogens (tertiary/aromatic N) is 2. The maximum absolute atomic E-state index is 5.01. The van der Waals surface area contributed by atoms with Crippen LogP contribution in [0.5, 0.6) is 0 Å². The summed E-state index contributed by atoms with van der Waals surface area (Å²) in [6, 6.07) is 0. The second kappa shape index (κ2) is 4.59. The van der Waals surface area contributed by atoms with Crippen LogP contribution < -0.4 is 5.32 Å². The fourth-order valence-corrected chi connectivity index (χ4v) is 4.00. The molecule has 0 radical (unpaired) electrons. The van der Waals surface area contributed by atoms with Crippen LogP contribution >= 0.6 is 0 Å². The topological polar surface area (TPSA) is 29.9 Å². The Morgan fingerprint density at radius 2 is 1.90 bits per heavy atom. The van der Waals surface area contributed by atoms with E-state index >= 15 is 0 Å². The molecule has 2 aliphatic rings. The third kappa shape index (κ3) is 2.65. The summed E-state index contributed by atoms with van der Waals surface area (Å²) in [4.78, 5) is 5.01. The van der Waals surface area contributed by atoms with Crippen molar-refractivity contribution < 1.29 is 0 Å². The summed E-state index contributed by atoms with van der Waals surface area (Å²) in [5.41, 5.74) is 3.31. The van der Waals surface area contributed by atoms with Gasteiger partial charge in [0.15, 0.2) is 0 Å². The molecule has 1 aromatic rings. The first-order valence-corrected chi connectivity index (χ1v) is 8.09. The smallest absolute Gasteiger partial charge is 0.112 e. The molecule has 0 aromatic carbocycles. The zero-order chi connectivity index (χ0) is 14.5. The fraction of sp³-hybridized carbons (Fsp3) is 0.824. The Labute approximate surface area is 123 Å². The van der Waals surface area contributed by atoms with E-state index in [9.17, 15) is 0 Å². The lowest BCUT2D eigenvalue weighted by Crippen LogP contribution is -2.36. The van der Waals surface area contributed by atoms with Gasteiger partial charge in [-0.2, -0.15) is 0 Å². The van der Waals surface area contributed by atoms with E-state index in [4.69, 9.17) is 4.98 Å². The van der Waals surface area contributed by atoms with Gasteiger partial charge in [0.25, 0.3) is 0 Å². The van der Waals surface area contributed by atoms with Crippen LogP contribution in [0.1, 0.15) is 77.0 Å². The molecule has 1 saturated carbocycles. The minimum Gasteiger partial charge on any atom is -0.326 e. The molecule has 0 unspecified atom stereocenters. The molecule has 3 nitrogen and oxygen atoms in total. The summed E-state index contributed by atoms with van der Waals surface area (Å²) in [7, 11) is 0. The Hall–Kier alpha value is -0.830. The molecule has 20 heavy (non-hydrogen) atoms. The molecule has 3 heteroatoms. The van der Waals surface area contributed by atoms with E-state index in [0.29, 0.717) is 5.41 Å². The molecule has 1 fully saturated rings. The van der Waals surface area contributed by atoms with Gasteiger partial charge in [0.2, 0.25) is 0 Å². The highest BCUT2D eigenvalue weighted by atomic mass is 15.2. The van der Waals surface area contributed by atoms with Crippen LogP contribution in [-0.4, -0.2) is 16.1 Å². The number of rotatable bonds is 3. The van der Waals surface area contributed by atoms with Crippen molar-refractivity contribution in [3.8, 4) is 0 Å². The van der Waals surface area contributed by atoms with Crippen LogP contribution in [0.3, 0.4) is 0 Å². The standard InChI is InChI=1S/C17H29N3/c1-16(2,3)11-17(4,5)20-14-8-9-18-10-13(14)19-15(20)12-6-7-12/h12,18H,6-11H2,1-5H3. The van der Waals surface area contributed by atoms with Crippen LogP contribution in [-0.2, 0) is 18.5 Å². The van der Waals surface area contributed by atoms with E-state index in [1.165, 1.54) is 36.5 Å². The van der Waals surface area contributed by atoms with Gasteiger partial charge >= 0.3 is 0 Å². The number of aromatic nitrogens is 2. The quantitative estimate of drug-likeness (QED) is 0.914. The Bertz CT molecular complexity index is 501. The van der Waals surface area contributed by atoms with Gasteiger partial charge in [0.05, 0.1) is 5.69 Å². The van der Waals surface area contributed by atoms with Crippen molar-refractivity contribution >= 4 is 0 Å². The summed E-state index contributed by atoms with van der Waals surface area (Å²) in [5.74, 6) is 2.09. The minimum absolute atomic E-state index is 0.161. The van der Waals surface area contributed by atoms with Crippen molar-refractivity contribution in [3.63, 3.8) is 0 Å². The lowest BCUT2D eigenvalue weighted by molar-refractivity contribution is 0.205. The number of hydrogen-bond donors (Lipinski definition) is 1. The highest BCUT2D eigenvalue weighted by molar-refractivity contribution is 5.26. The zero-order valence-corrected chi connectivity index (χ0v) is 13.7. The van der Waals surface area contributed by atoms with Gasteiger partial charge < -0.3 is 9.88 Å². The first kappa shape index (κ1) is 14.1. The SMILES string of the molecule is CC(C)(C)CC(C)(C)n1c(C2CC2)nc2c1CCNC2. The average molecular weight is 275 g/mol. The average Bonchev–Trinajstić information content (AvgIpc) is 3.05. The second-order valence-electron chi connectivity index (χ2n) is 8.45. The van der Waals surface area contributed by atoms with E-state index in [-0.39, 0.29) is 5.54 Å². The van der Waals surface area contributed by atoms with Crippen LogP contribution in [0.15, 0.2) is 0 Å². The molecule has 0 amide bonds. The van der Waals surface area contributed by atoms with Crippen molar-refractivity contribution in [2.24, 2.45) is 5.41 Å². The van der Waals surface area contributed by atoms with Crippen LogP contribution in [0.25, 0.3) is 0 Å². The normalized spacial score (nSPS) is 20.1. The third-order valence-electron chi connectivity index (χ3n) is 4.42. The van der Waals surface area contributed by atoms with E-state index in [1.54, 1.807) is 0 Å². The summed E-state index contributed by atoms with van der Waals surface area (Å²) in [6.45, 7) is 13.9. The predicted molar refractivity (Wildman–Crippen MR) is 83.0 cm³/mol. The molecule has 3 rings (SSSR count).